The standard InChI is InChI=1S/C15H20BrNO3/c1-10(20-14-8-3-2-6-12(14)16)15(19)17-9-11-5-4-7-13(11)18/h2-3,6,8,10-11,13,18H,4-5,7,9H2,1H3,(H,17,19). The third-order valence-corrected chi connectivity index (χ3v) is 4.32. The van der Waals surface area contributed by atoms with E-state index >= 15 is 0 Å². The van der Waals surface area contributed by atoms with Gasteiger partial charge in [0.25, 0.3) is 5.91 Å². The summed E-state index contributed by atoms with van der Waals surface area (Å²) < 4.78 is 6.45. The molecule has 0 heterocycles. The van der Waals surface area contributed by atoms with Crippen molar-refractivity contribution >= 4 is 21.8 Å². The van der Waals surface area contributed by atoms with Crippen LogP contribution in [0.4, 0.5) is 0 Å². The molecule has 1 amide bonds. The summed E-state index contributed by atoms with van der Waals surface area (Å²) in [6, 6.07) is 7.44. The first kappa shape index (κ1) is 15.3. The molecule has 0 spiro atoms. The molecule has 0 aromatic heterocycles. The minimum absolute atomic E-state index is 0.153. The van der Waals surface area contributed by atoms with Gasteiger partial charge < -0.3 is 15.2 Å². The number of rotatable bonds is 5. The van der Waals surface area contributed by atoms with E-state index < -0.39 is 6.10 Å². The van der Waals surface area contributed by atoms with Crippen LogP contribution >= 0.6 is 15.9 Å². The number of ether oxygens (including phenoxy) is 1. The maximum atomic E-state index is 12.0. The molecule has 5 heteroatoms. The molecule has 110 valence electrons. The van der Waals surface area contributed by atoms with Crippen LogP contribution in [0.25, 0.3) is 0 Å². The highest BCUT2D eigenvalue weighted by Crippen LogP contribution is 2.26. The van der Waals surface area contributed by atoms with Crippen molar-refractivity contribution < 1.29 is 14.6 Å². The Kier molecular flexibility index (Phi) is 5.43. The predicted octanol–water partition coefficient (Wildman–Crippen LogP) is 2.49. The Morgan fingerprint density at radius 1 is 1.50 bits per heavy atom. The van der Waals surface area contributed by atoms with E-state index in [1.54, 1.807) is 6.92 Å². The zero-order valence-electron chi connectivity index (χ0n) is 11.5. The Morgan fingerprint density at radius 3 is 2.90 bits per heavy atom. The van der Waals surface area contributed by atoms with Crippen molar-refractivity contribution in [2.75, 3.05) is 6.54 Å². The first-order valence-electron chi connectivity index (χ1n) is 6.95. The summed E-state index contributed by atoms with van der Waals surface area (Å²) in [5, 5.41) is 12.6. The Hall–Kier alpha value is -1.07. The minimum Gasteiger partial charge on any atom is -0.480 e. The van der Waals surface area contributed by atoms with Crippen LogP contribution in [-0.4, -0.2) is 29.8 Å². The maximum Gasteiger partial charge on any atom is 0.260 e. The number of halogens is 1. The third-order valence-electron chi connectivity index (χ3n) is 3.67. The van der Waals surface area contributed by atoms with E-state index in [-0.39, 0.29) is 17.9 Å². The summed E-state index contributed by atoms with van der Waals surface area (Å²) in [5.74, 6) is 0.672. The van der Waals surface area contributed by atoms with Gasteiger partial charge in [0, 0.05) is 12.5 Å². The monoisotopic (exact) mass is 341 g/mol. The number of nitrogens with one attached hydrogen (secondary N) is 1. The number of aliphatic hydroxyl groups excluding tert-OH is 1. The maximum absolute atomic E-state index is 12.0. The second kappa shape index (κ2) is 7.09. The van der Waals surface area contributed by atoms with Gasteiger partial charge >= 0.3 is 0 Å². The molecule has 0 saturated heterocycles. The van der Waals surface area contributed by atoms with Crippen molar-refractivity contribution in [1.82, 2.24) is 5.32 Å². The van der Waals surface area contributed by atoms with Crippen LogP contribution in [0.5, 0.6) is 5.75 Å². The Bertz CT molecular complexity index is 466. The molecule has 3 atom stereocenters. The molecule has 0 aliphatic heterocycles. The van der Waals surface area contributed by atoms with Gasteiger partial charge in [0.2, 0.25) is 0 Å². The smallest absolute Gasteiger partial charge is 0.260 e. The van der Waals surface area contributed by atoms with Gasteiger partial charge in [-0.15, -0.1) is 0 Å². The van der Waals surface area contributed by atoms with Crippen molar-refractivity contribution in [3.05, 3.63) is 28.7 Å². The summed E-state index contributed by atoms with van der Waals surface area (Å²) in [5.41, 5.74) is 0. The summed E-state index contributed by atoms with van der Waals surface area (Å²) in [6.45, 7) is 2.24. The van der Waals surface area contributed by atoms with Crippen LogP contribution in [0.1, 0.15) is 26.2 Å². The van der Waals surface area contributed by atoms with E-state index in [4.69, 9.17) is 4.74 Å². The quantitative estimate of drug-likeness (QED) is 0.864. The number of amides is 1. The van der Waals surface area contributed by atoms with Crippen LogP contribution in [0.15, 0.2) is 28.7 Å². The number of benzene rings is 1. The molecule has 0 bridgehead atoms. The van der Waals surface area contributed by atoms with Crippen LogP contribution in [0, 0.1) is 5.92 Å². The second-order valence-corrected chi connectivity index (χ2v) is 6.05. The molecule has 1 aliphatic carbocycles. The van der Waals surface area contributed by atoms with E-state index in [1.165, 1.54) is 0 Å². The molecular weight excluding hydrogens is 322 g/mol. The van der Waals surface area contributed by atoms with Gasteiger partial charge in [-0.05, 0) is 47.8 Å². The van der Waals surface area contributed by atoms with Crippen LogP contribution in [-0.2, 0) is 4.79 Å². The highest BCUT2D eigenvalue weighted by molar-refractivity contribution is 9.10. The van der Waals surface area contributed by atoms with Gasteiger partial charge in [-0.25, -0.2) is 0 Å². The van der Waals surface area contributed by atoms with E-state index in [2.05, 4.69) is 21.2 Å². The fourth-order valence-corrected chi connectivity index (χ4v) is 2.79. The average molecular weight is 342 g/mol. The summed E-state index contributed by atoms with van der Waals surface area (Å²) in [6.07, 6.45) is 2.00. The first-order chi connectivity index (χ1) is 9.58. The molecule has 3 unspecified atom stereocenters. The number of carbonyl (C=O) groups excluding carboxylic acids is 1. The molecule has 1 aromatic rings. The Morgan fingerprint density at radius 2 is 2.25 bits per heavy atom. The number of hydrogen-bond acceptors (Lipinski definition) is 3. The number of carbonyl (C=O) groups is 1. The van der Waals surface area contributed by atoms with Crippen molar-refractivity contribution in [3.8, 4) is 5.75 Å². The predicted molar refractivity (Wildman–Crippen MR) is 80.6 cm³/mol. The third kappa shape index (κ3) is 3.96. The van der Waals surface area contributed by atoms with Crippen molar-refractivity contribution in [1.29, 1.82) is 0 Å². The highest BCUT2D eigenvalue weighted by Gasteiger charge is 2.26. The van der Waals surface area contributed by atoms with E-state index in [1.807, 2.05) is 24.3 Å². The molecule has 1 fully saturated rings. The Balaban J connectivity index is 1.81. The zero-order chi connectivity index (χ0) is 14.5. The molecule has 1 aromatic carbocycles. The highest BCUT2D eigenvalue weighted by atomic mass is 79.9. The van der Waals surface area contributed by atoms with Crippen LogP contribution in [0.2, 0.25) is 0 Å². The van der Waals surface area contributed by atoms with Gasteiger partial charge in [-0.2, -0.15) is 0 Å². The lowest BCUT2D eigenvalue weighted by Crippen LogP contribution is -2.40. The van der Waals surface area contributed by atoms with Gasteiger partial charge in [0.1, 0.15) is 5.75 Å². The van der Waals surface area contributed by atoms with Gasteiger partial charge in [-0.1, -0.05) is 18.6 Å². The topological polar surface area (TPSA) is 58.6 Å². The summed E-state index contributed by atoms with van der Waals surface area (Å²) >= 11 is 3.38. The second-order valence-electron chi connectivity index (χ2n) is 5.19. The lowest BCUT2D eigenvalue weighted by atomic mass is 10.1. The molecule has 4 nitrogen and oxygen atoms in total. The van der Waals surface area contributed by atoms with Gasteiger partial charge in [-0.3, -0.25) is 4.79 Å². The molecule has 20 heavy (non-hydrogen) atoms. The molecule has 1 aliphatic rings. The number of aliphatic hydroxyl groups is 1. The van der Waals surface area contributed by atoms with Crippen molar-refractivity contribution in [3.63, 3.8) is 0 Å². The van der Waals surface area contributed by atoms with Crippen molar-refractivity contribution in [2.45, 2.75) is 38.4 Å². The fraction of sp³-hybridized carbons (Fsp3) is 0.533. The van der Waals surface area contributed by atoms with E-state index in [0.717, 1.165) is 23.7 Å². The molecular formula is C15H20BrNO3. The largest absolute Gasteiger partial charge is 0.480 e. The van der Waals surface area contributed by atoms with E-state index in [9.17, 15) is 9.90 Å². The normalized spacial score (nSPS) is 23.4. The van der Waals surface area contributed by atoms with Crippen molar-refractivity contribution in [2.24, 2.45) is 5.92 Å². The fourth-order valence-electron chi connectivity index (χ4n) is 2.42. The molecule has 2 rings (SSSR count). The number of para-hydroxylation sites is 1. The minimum atomic E-state index is -0.563. The van der Waals surface area contributed by atoms with Crippen LogP contribution in [0.3, 0.4) is 0 Å². The Labute approximate surface area is 127 Å². The average Bonchev–Trinajstić information content (AvgIpc) is 2.84. The lowest BCUT2D eigenvalue weighted by molar-refractivity contribution is -0.127. The van der Waals surface area contributed by atoms with E-state index in [0.29, 0.717) is 12.3 Å². The molecule has 0 radical (unpaired) electrons. The zero-order valence-corrected chi connectivity index (χ0v) is 13.1. The molecule has 2 N–H and O–H groups in total. The summed E-state index contributed by atoms with van der Waals surface area (Å²) in [4.78, 5) is 12.0. The first-order valence-corrected chi connectivity index (χ1v) is 7.74. The number of hydrogen-bond donors (Lipinski definition) is 2. The lowest BCUT2D eigenvalue weighted by Gasteiger charge is -2.19. The summed E-state index contributed by atoms with van der Waals surface area (Å²) in [7, 11) is 0. The SMILES string of the molecule is CC(Oc1ccccc1Br)C(=O)NCC1CCCC1O. The van der Waals surface area contributed by atoms with Gasteiger partial charge in [0.15, 0.2) is 6.10 Å². The molecule has 1 saturated carbocycles. The van der Waals surface area contributed by atoms with Crippen LogP contribution < -0.4 is 10.1 Å². The van der Waals surface area contributed by atoms with Gasteiger partial charge in [0.05, 0.1) is 10.6 Å².